The normalized spacial score (nSPS) is 11.1. The van der Waals surface area contributed by atoms with Crippen LogP contribution < -0.4 is 47.4 Å². The molecule has 0 bridgehead atoms. The first kappa shape index (κ1) is 85.3. The Hall–Kier alpha value is -14.6. The molecule has 122 heavy (non-hydrogen) atoms. The molecule has 18 aromatic rings. The first-order valence-electron chi connectivity index (χ1n) is 38.8. The lowest BCUT2D eigenvalue weighted by Gasteiger charge is -2.36. The monoisotopic (exact) mass is 1690 g/mol. The third kappa shape index (κ3) is 17.2. The second kappa shape index (κ2) is 38.0. The maximum atomic E-state index is 13.9. The number of nitrogens with zero attached hydrogens (tertiary/aromatic N) is 7. The molecule has 0 saturated heterocycles. The van der Waals surface area contributed by atoms with Crippen LogP contribution in [0.1, 0.15) is 76.9 Å². The van der Waals surface area contributed by atoms with Crippen molar-refractivity contribution in [3.05, 3.63) is 417 Å². The van der Waals surface area contributed by atoms with E-state index in [1.165, 1.54) is 6.20 Å². The summed E-state index contributed by atoms with van der Waals surface area (Å²) in [6.45, 7) is 12.7. The molecule has 0 amide bonds. The molecule has 18 rings (SSSR count). The molecule has 1 radical (unpaired) electrons. The molecule has 10 aromatic carbocycles. The number of hydrogen-bond donors (Lipinski definition) is 2. The molecular formula is C98H87BBrN8O14. The molecule has 2 N–H and O–H groups in total. The summed E-state index contributed by atoms with van der Waals surface area (Å²) in [5, 5.41) is 8.36. The van der Waals surface area contributed by atoms with E-state index >= 15 is 0 Å². The second-order valence-electron chi connectivity index (χ2n) is 28.1. The Morgan fingerprint density at radius 3 is 1.03 bits per heavy atom. The Morgan fingerprint density at radius 2 is 0.697 bits per heavy atom. The number of oxazole rings is 4. The first-order chi connectivity index (χ1) is 58.8. The summed E-state index contributed by atoms with van der Waals surface area (Å²) >= 11 is 3.48. The van der Waals surface area contributed by atoms with Crippen LogP contribution in [0.25, 0.3) is 77.8 Å². The molecule has 0 atom stereocenters. The zero-order valence-electron chi connectivity index (χ0n) is 67.6. The summed E-state index contributed by atoms with van der Waals surface area (Å²) in [5.74, 6) is 0.672. The van der Waals surface area contributed by atoms with Crippen LogP contribution >= 0.6 is 15.9 Å². The summed E-state index contributed by atoms with van der Waals surface area (Å²) in [4.78, 5) is 77.1. The van der Waals surface area contributed by atoms with Gasteiger partial charge in [-0.2, -0.15) is 0 Å². The predicted octanol–water partition coefficient (Wildman–Crippen LogP) is 19.2. The van der Waals surface area contributed by atoms with E-state index < -0.39 is 22.6 Å². The molecule has 0 saturated carbocycles. The van der Waals surface area contributed by atoms with Crippen molar-refractivity contribution in [2.75, 3.05) is 21.3 Å². The number of benzene rings is 10. The molecule has 0 aliphatic heterocycles. The molecule has 613 valence electrons. The van der Waals surface area contributed by atoms with Gasteiger partial charge in [0, 0.05) is 77.1 Å². The van der Waals surface area contributed by atoms with Crippen LogP contribution in [0.15, 0.2) is 350 Å². The van der Waals surface area contributed by atoms with Gasteiger partial charge in [0.2, 0.25) is 23.2 Å². The minimum Gasteiger partial charge on any atom is -0.536 e. The van der Waals surface area contributed by atoms with E-state index in [0.717, 1.165) is 110 Å². The Bertz CT molecular complexity index is 6790. The number of pyridine rings is 4. The largest absolute Gasteiger partial charge is 0.569 e. The number of halogens is 1. The third-order valence-electron chi connectivity index (χ3n) is 21.0. The van der Waals surface area contributed by atoms with Crippen LogP contribution in [0.4, 0.5) is 0 Å². The molecule has 8 aromatic heterocycles. The van der Waals surface area contributed by atoms with Crippen molar-refractivity contribution in [2.24, 2.45) is 0 Å². The molecular weight excluding hydrogens is 1600 g/mol. The van der Waals surface area contributed by atoms with E-state index in [4.69, 9.17) is 41.6 Å². The van der Waals surface area contributed by atoms with Crippen molar-refractivity contribution in [3.8, 4) is 56.8 Å². The third-order valence-corrected chi connectivity index (χ3v) is 21.5. The van der Waals surface area contributed by atoms with Crippen molar-refractivity contribution in [1.29, 1.82) is 0 Å². The molecule has 0 spiro atoms. The number of fused-ring (bicyclic) bond motifs is 4. The van der Waals surface area contributed by atoms with Crippen molar-refractivity contribution < 1.29 is 41.6 Å². The van der Waals surface area contributed by atoms with E-state index in [9.17, 15) is 24.0 Å². The van der Waals surface area contributed by atoms with E-state index in [1.54, 1.807) is 70.3 Å². The van der Waals surface area contributed by atoms with Crippen molar-refractivity contribution in [3.63, 3.8) is 0 Å². The average Bonchev–Trinajstić information content (AvgIpc) is 0.901. The van der Waals surface area contributed by atoms with Crippen LogP contribution in [0.2, 0.25) is 0 Å². The Balaban J connectivity index is 0.000000137. The fourth-order valence-electron chi connectivity index (χ4n) is 15.3. The summed E-state index contributed by atoms with van der Waals surface area (Å²) in [6, 6.07) is 90.6. The van der Waals surface area contributed by atoms with Gasteiger partial charge >= 0.3 is 30.7 Å². The molecule has 24 heteroatoms. The van der Waals surface area contributed by atoms with Gasteiger partial charge in [-0.3, -0.25) is 23.1 Å². The number of ether oxygens (including phenoxy) is 3. The minimum atomic E-state index is -0.953. The highest BCUT2D eigenvalue weighted by molar-refractivity contribution is 9.10. The average molecular weight is 1690 g/mol. The molecule has 0 aliphatic carbocycles. The van der Waals surface area contributed by atoms with Gasteiger partial charge in [-0.15, -0.1) is 0 Å². The maximum absolute atomic E-state index is 13.9. The molecule has 0 aliphatic rings. The van der Waals surface area contributed by atoms with Gasteiger partial charge < -0.3 is 46.5 Å². The highest BCUT2D eigenvalue weighted by Gasteiger charge is 2.43. The van der Waals surface area contributed by atoms with E-state index in [0.29, 0.717) is 72.0 Å². The van der Waals surface area contributed by atoms with Crippen molar-refractivity contribution in [2.45, 2.75) is 73.1 Å². The molecule has 0 unspecified atom stereocenters. The second-order valence-corrected chi connectivity index (χ2v) is 29.0. The fraction of sp³-hybridized carbons (Fsp3) is 0.143. The van der Waals surface area contributed by atoms with Gasteiger partial charge in [-0.1, -0.05) is 224 Å². The zero-order valence-corrected chi connectivity index (χ0v) is 69.2. The predicted molar refractivity (Wildman–Crippen MR) is 481 cm³/mol. The van der Waals surface area contributed by atoms with Gasteiger partial charge in [-0.25, -0.2) is 34.1 Å². The number of H-pyrrole nitrogens is 1. The summed E-state index contributed by atoms with van der Waals surface area (Å²) in [6.07, 6.45) is 6.71. The number of aromatic amines is 1. The van der Waals surface area contributed by atoms with Crippen LogP contribution in [-0.4, -0.2) is 72.2 Å². The van der Waals surface area contributed by atoms with Gasteiger partial charge in [0.15, 0.2) is 22.3 Å². The summed E-state index contributed by atoms with van der Waals surface area (Å²) in [7, 11) is 5.36. The van der Waals surface area contributed by atoms with Crippen LogP contribution in [0.3, 0.4) is 0 Å². The van der Waals surface area contributed by atoms with E-state index in [2.05, 4.69) is 109 Å². The quantitative estimate of drug-likeness (QED) is 0.0597. The van der Waals surface area contributed by atoms with E-state index in [-0.39, 0.29) is 24.5 Å². The minimum absolute atomic E-state index is 0. The zero-order chi connectivity index (χ0) is 84.9. The van der Waals surface area contributed by atoms with Crippen molar-refractivity contribution in [1.82, 2.24) is 38.2 Å². The number of methoxy groups -OCH3 is 3. The number of hydrogen-bond acceptors (Lipinski definition) is 17. The Kier molecular flexibility index (Phi) is 26.5. The van der Waals surface area contributed by atoms with Crippen LogP contribution in [0, 0.1) is 27.7 Å². The molecule has 0 fully saturated rings. The highest BCUT2D eigenvalue weighted by atomic mass is 79.9. The Labute approximate surface area is 711 Å². The summed E-state index contributed by atoms with van der Waals surface area (Å²) in [5.41, 5.74) is 18.5. The van der Waals surface area contributed by atoms with Gasteiger partial charge in [-0.05, 0) is 168 Å². The van der Waals surface area contributed by atoms with Gasteiger partial charge in [0.05, 0.1) is 49.6 Å². The Morgan fingerprint density at radius 1 is 0.385 bits per heavy atom. The molecule has 22 nitrogen and oxygen atoms in total. The topological polar surface area (TPSA) is 269 Å². The van der Waals surface area contributed by atoms with Crippen LogP contribution in [-0.2, 0) is 24.2 Å². The fourth-order valence-corrected chi connectivity index (χ4v) is 15.7. The van der Waals surface area contributed by atoms with Crippen molar-refractivity contribution >= 4 is 68.0 Å². The van der Waals surface area contributed by atoms with Gasteiger partial charge in [0.1, 0.15) is 16.8 Å². The van der Waals surface area contributed by atoms with Gasteiger partial charge in [0.25, 0.3) is 0 Å². The molecule has 8 heterocycles. The smallest absolute Gasteiger partial charge is 0.536 e. The SMILES string of the molecule is C.CCn1c(=O)oc2cc(-c3c[nH]c(=O)cc3C)ccc21.CCn1c(=O)oc2cc(-c3cnc(OC)cc3C)ccc21.COc1cc(C)c(-c2ccc3c(c2)oc(=O)n3C(c2ccccc2)(c2ccccc2)c2ccccc2)cn1.COc1cc(C)c(O[B]O)cn1.O=c1oc2cc(Br)ccc2n1C(c1ccccc1)(c1ccccc1)c1ccccc1. The lowest BCUT2D eigenvalue weighted by Crippen LogP contribution is -2.42. The maximum Gasteiger partial charge on any atom is 0.569 e. The standard InChI is InChI=1S/C33H26N2O3.C26H18BrNO2.C16H16N2O3.C15H14N2O3.C7H9BNO3.CH4/c1-23-20-31(37-2)34-22-28(23)24-18-19-29-30(21-24)38-32(36)35(29)33(25-12-6-3-7-13-25,26-14-8-4-9-15-26)27-16-10-5-11-17-27;27-22-16-17-23-24(18-22)30-25(29)28(23)26(19-10-4-1-5-11-19,20-12-6-2-7-13-20)21-14-8-3-9-15-21;1-4-18-13-6-5-11(8-14(13)21-16(18)19)12-9-17-15(20-3)7-10(12)2;1-3-17-12-5-4-10(7-13(12)20-15(17)19)11-8-16-14(18)6-9(11)2;1-5-3-7(11-2)9-4-6(5)12-8-10;/h3-22H,1-2H3;1-18H;5-9H,4H2,1-3H3;4-8H,3H2,1-2H3,(H,16,18);3-4,10H,1-2H3;1H4. The number of nitrogens with one attached hydrogen (secondary N) is 1. The van der Waals surface area contributed by atoms with Crippen LogP contribution in [0.5, 0.6) is 23.4 Å². The lowest BCUT2D eigenvalue weighted by atomic mass is 9.76. The first-order valence-corrected chi connectivity index (χ1v) is 39.6. The highest BCUT2D eigenvalue weighted by Crippen LogP contribution is 2.45. The number of aromatic nitrogens is 8. The van der Waals surface area contributed by atoms with E-state index in [1.807, 2.05) is 236 Å². The summed E-state index contributed by atoms with van der Waals surface area (Å²) < 4.78 is 49.9. The lowest BCUT2D eigenvalue weighted by molar-refractivity contribution is 0.394. The number of aryl methyl sites for hydroxylation is 6. The number of rotatable bonds is 18.